The van der Waals surface area contributed by atoms with E-state index in [1.165, 1.54) is 44.1 Å². The van der Waals surface area contributed by atoms with Crippen LogP contribution in [0.25, 0.3) is 6.08 Å². The van der Waals surface area contributed by atoms with E-state index in [2.05, 4.69) is 58.9 Å². The van der Waals surface area contributed by atoms with E-state index in [0.717, 1.165) is 37.3 Å². The summed E-state index contributed by atoms with van der Waals surface area (Å²) in [6.07, 6.45) is 21.5. The molecule has 2 aliphatic carbocycles. The van der Waals surface area contributed by atoms with Crippen LogP contribution in [-0.2, 0) is 11.3 Å². The quantitative estimate of drug-likeness (QED) is 0.632. The second-order valence-electron chi connectivity index (χ2n) is 9.35. The number of amides is 1. The molecule has 3 aliphatic rings. The van der Waals surface area contributed by atoms with Crippen LogP contribution in [0.2, 0.25) is 0 Å². The van der Waals surface area contributed by atoms with Gasteiger partial charge in [-0.25, -0.2) is 4.99 Å². The van der Waals surface area contributed by atoms with Gasteiger partial charge in [0, 0.05) is 30.1 Å². The van der Waals surface area contributed by atoms with E-state index in [4.69, 9.17) is 0 Å². The van der Waals surface area contributed by atoms with Crippen molar-refractivity contribution in [2.75, 3.05) is 13.1 Å². The summed E-state index contributed by atoms with van der Waals surface area (Å²) in [5, 5.41) is 0. The van der Waals surface area contributed by atoms with Crippen LogP contribution in [0.5, 0.6) is 0 Å². The zero-order valence-corrected chi connectivity index (χ0v) is 18.0. The highest BCUT2D eigenvalue weighted by Crippen LogP contribution is 2.25. The SMILES string of the molecule is CC(C)C[C@@H](C(=O)N=C1C=Cc2cn(CC3C=CCCC3)cc21)N1CCCCC1. The Labute approximate surface area is 175 Å². The number of carbonyl (C=O) groups is 1. The molecule has 156 valence electrons. The normalized spacial score (nSPS) is 24.4. The largest absolute Gasteiger partial charge is 0.352 e. The van der Waals surface area contributed by atoms with Crippen LogP contribution >= 0.6 is 0 Å². The lowest BCUT2D eigenvalue weighted by molar-refractivity contribution is -0.124. The Balaban J connectivity index is 1.49. The molecule has 2 atom stereocenters. The molecule has 4 heteroatoms. The van der Waals surface area contributed by atoms with Gasteiger partial charge in [0.1, 0.15) is 0 Å². The highest BCUT2D eigenvalue weighted by atomic mass is 16.1. The van der Waals surface area contributed by atoms with Crippen LogP contribution in [0, 0.1) is 11.8 Å². The molecule has 1 unspecified atom stereocenters. The summed E-state index contributed by atoms with van der Waals surface area (Å²) in [5.74, 6) is 1.15. The number of rotatable bonds is 6. The number of allylic oxidation sites excluding steroid dienone is 3. The van der Waals surface area contributed by atoms with Crippen molar-refractivity contribution >= 4 is 17.7 Å². The van der Waals surface area contributed by atoms with Crippen molar-refractivity contribution in [1.82, 2.24) is 9.47 Å². The number of piperidine rings is 1. The Morgan fingerprint density at radius 3 is 2.69 bits per heavy atom. The molecule has 4 rings (SSSR count). The van der Waals surface area contributed by atoms with Gasteiger partial charge in [-0.1, -0.05) is 38.5 Å². The summed E-state index contributed by atoms with van der Waals surface area (Å²) in [5.41, 5.74) is 3.14. The fraction of sp³-hybridized carbons (Fsp3) is 0.600. The van der Waals surface area contributed by atoms with Crippen molar-refractivity contribution in [2.24, 2.45) is 16.8 Å². The maximum absolute atomic E-state index is 13.2. The molecule has 1 aliphatic heterocycles. The Hall–Kier alpha value is -1.94. The topological polar surface area (TPSA) is 37.6 Å². The number of fused-ring (bicyclic) bond motifs is 1. The summed E-state index contributed by atoms with van der Waals surface area (Å²) >= 11 is 0. The first-order chi connectivity index (χ1) is 14.1. The number of nitrogens with zero attached hydrogens (tertiary/aromatic N) is 3. The number of carbonyl (C=O) groups excluding carboxylic acids is 1. The fourth-order valence-electron chi connectivity index (χ4n) is 4.92. The average molecular weight is 394 g/mol. The van der Waals surface area contributed by atoms with Crippen molar-refractivity contribution in [3.8, 4) is 0 Å². The smallest absolute Gasteiger partial charge is 0.263 e. The molecule has 0 aromatic carbocycles. The minimum atomic E-state index is -0.0743. The van der Waals surface area contributed by atoms with Crippen molar-refractivity contribution in [1.29, 1.82) is 0 Å². The maximum Gasteiger partial charge on any atom is 0.263 e. The molecule has 0 bridgehead atoms. The molecular formula is C25H35N3O. The summed E-state index contributed by atoms with van der Waals surface area (Å²) in [4.78, 5) is 20.2. The molecule has 4 nitrogen and oxygen atoms in total. The van der Waals surface area contributed by atoms with Gasteiger partial charge in [-0.2, -0.15) is 0 Å². The summed E-state index contributed by atoms with van der Waals surface area (Å²) in [6, 6.07) is -0.0743. The molecule has 29 heavy (non-hydrogen) atoms. The third-order valence-electron chi connectivity index (χ3n) is 6.45. The first kappa shape index (κ1) is 20.3. The molecular weight excluding hydrogens is 358 g/mol. The second-order valence-corrected chi connectivity index (χ2v) is 9.35. The number of hydrogen-bond acceptors (Lipinski definition) is 2. The van der Waals surface area contributed by atoms with Crippen molar-refractivity contribution in [2.45, 2.75) is 71.4 Å². The molecule has 0 radical (unpaired) electrons. The van der Waals surface area contributed by atoms with E-state index in [9.17, 15) is 4.79 Å². The van der Waals surface area contributed by atoms with E-state index < -0.39 is 0 Å². The molecule has 0 spiro atoms. The van der Waals surface area contributed by atoms with Crippen molar-refractivity contribution in [3.63, 3.8) is 0 Å². The van der Waals surface area contributed by atoms with Gasteiger partial charge in [-0.3, -0.25) is 9.69 Å². The zero-order chi connectivity index (χ0) is 20.2. The van der Waals surface area contributed by atoms with Gasteiger partial charge in [-0.15, -0.1) is 0 Å². The number of aliphatic imine (C=N–C) groups is 1. The zero-order valence-electron chi connectivity index (χ0n) is 18.0. The molecule has 1 fully saturated rings. The molecule has 0 N–H and O–H groups in total. The third kappa shape index (κ3) is 4.98. The molecule has 1 saturated heterocycles. The predicted octanol–water partition coefficient (Wildman–Crippen LogP) is 5.09. The van der Waals surface area contributed by atoms with Crippen LogP contribution in [0.15, 0.2) is 35.6 Å². The summed E-state index contributed by atoms with van der Waals surface area (Å²) < 4.78 is 2.28. The van der Waals surface area contributed by atoms with Gasteiger partial charge >= 0.3 is 0 Å². The van der Waals surface area contributed by atoms with Crippen LogP contribution in [-0.4, -0.2) is 40.2 Å². The maximum atomic E-state index is 13.2. The van der Waals surface area contributed by atoms with E-state index in [0.29, 0.717) is 11.8 Å². The molecule has 0 saturated carbocycles. The Kier molecular flexibility index (Phi) is 6.49. The van der Waals surface area contributed by atoms with Crippen LogP contribution < -0.4 is 0 Å². The number of hydrogen-bond donors (Lipinski definition) is 0. The van der Waals surface area contributed by atoms with Gasteiger partial charge in [0.2, 0.25) is 0 Å². The monoisotopic (exact) mass is 393 g/mol. The Morgan fingerprint density at radius 1 is 1.14 bits per heavy atom. The lowest BCUT2D eigenvalue weighted by atomic mass is 9.96. The van der Waals surface area contributed by atoms with Crippen LogP contribution in [0.4, 0.5) is 0 Å². The lowest BCUT2D eigenvalue weighted by Crippen LogP contribution is -2.44. The lowest BCUT2D eigenvalue weighted by Gasteiger charge is -2.33. The van der Waals surface area contributed by atoms with E-state index in [-0.39, 0.29) is 11.9 Å². The van der Waals surface area contributed by atoms with E-state index in [1.54, 1.807) is 0 Å². The highest BCUT2D eigenvalue weighted by molar-refractivity contribution is 6.20. The van der Waals surface area contributed by atoms with Gasteiger partial charge in [0.15, 0.2) is 0 Å². The van der Waals surface area contributed by atoms with Gasteiger partial charge in [0.25, 0.3) is 5.91 Å². The Morgan fingerprint density at radius 2 is 1.97 bits per heavy atom. The van der Waals surface area contributed by atoms with Gasteiger partial charge in [0.05, 0.1) is 11.8 Å². The van der Waals surface area contributed by atoms with E-state index >= 15 is 0 Å². The third-order valence-corrected chi connectivity index (χ3v) is 6.45. The molecule has 2 heterocycles. The average Bonchev–Trinajstić information content (AvgIpc) is 3.28. The standard InChI is InChI=1S/C25H35N3O/c1-19(2)15-24(28-13-7-4-8-14-28)25(29)26-23-12-11-21-17-27(18-22(21)23)16-20-9-5-3-6-10-20/h5,9,11-12,17-20,24H,3-4,6-8,10,13-16H2,1-2H3/t20?,24-/m0/s1. The molecule has 1 aromatic rings. The predicted molar refractivity (Wildman–Crippen MR) is 120 cm³/mol. The first-order valence-corrected chi connectivity index (χ1v) is 11.5. The number of aromatic nitrogens is 1. The van der Waals surface area contributed by atoms with Gasteiger partial charge < -0.3 is 4.57 Å². The molecule has 1 amide bonds. The van der Waals surface area contributed by atoms with Crippen LogP contribution in [0.3, 0.4) is 0 Å². The highest BCUT2D eigenvalue weighted by Gasteiger charge is 2.28. The first-order valence-electron chi connectivity index (χ1n) is 11.5. The van der Waals surface area contributed by atoms with Crippen LogP contribution in [0.1, 0.15) is 69.9 Å². The minimum absolute atomic E-state index is 0.0380. The Bertz CT molecular complexity index is 808. The van der Waals surface area contributed by atoms with Gasteiger partial charge in [-0.05, 0) is 69.5 Å². The number of likely N-dealkylation sites (tertiary alicyclic amines) is 1. The summed E-state index contributed by atoms with van der Waals surface area (Å²) in [6.45, 7) is 7.47. The van der Waals surface area contributed by atoms with Crippen molar-refractivity contribution in [3.05, 3.63) is 41.7 Å². The fourth-order valence-corrected chi connectivity index (χ4v) is 4.92. The second kappa shape index (κ2) is 9.25. The summed E-state index contributed by atoms with van der Waals surface area (Å²) in [7, 11) is 0. The van der Waals surface area contributed by atoms with Crippen molar-refractivity contribution < 1.29 is 4.79 Å². The minimum Gasteiger partial charge on any atom is -0.352 e. The van der Waals surface area contributed by atoms with E-state index in [1.807, 2.05) is 6.08 Å². The molecule has 1 aromatic heterocycles.